The maximum atomic E-state index is 6.19. The van der Waals surface area contributed by atoms with E-state index in [1.54, 1.807) is 7.11 Å². The zero-order chi connectivity index (χ0) is 13.1. The molecule has 0 saturated carbocycles. The zero-order valence-electron chi connectivity index (χ0n) is 10.9. The third-order valence-electron chi connectivity index (χ3n) is 3.44. The van der Waals surface area contributed by atoms with E-state index in [-0.39, 0.29) is 12.0 Å². The lowest BCUT2D eigenvalue weighted by Crippen LogP contribution is -2.25. The number of nitrogens with two attached hydrogens (primary N) is 2. The Balaban J connectivity index is 2.38. The van der Waals surface area contributed by atoms with Gasteiger partial charge in [-0.2, -0.15) is 0 Å². The molecule has 0 aliphatic rings. The molecule has 2 aromatic carbocycles. The van der Waals surface area contributed by atoms with Gasteiger partial charge in [-0.05, 0) is 47.0 Å². The van der Waals surface area contributed by atoms with Crippen LogP contribution < -0.4 is 16.2 Å². The van der Waals surface area contributed by atoms with Gasteiger partial charge in [0.1, 0.15) is 5.75 Å². The van der Waals surface area contributed by atoms with Gasteiger partial charge in [0.2, 0.25) is 0 Å². The normalized spacial score (nSPS) is 14.4. The summed E-state index contributed by atoms with van der Waals surface area (Å²) in [6.45, 7) is 2.67. The van der Waals surface area contributed by atoms with E-state index in [0.717, 1.165) is 16.7 Å². The summed E-state index contributed by atoms with van der Waals surface area (Å²) in [6.07, 6.45) is 0. The molecule has 0 aliphatic carbocycles. The number of fused-ring (bicyclic) bond motifs is 1. The maximum Gasteiger partial charge on any atom is 0.119 e. The summed E-state index contributed by atoms with van der Waals surface area (Å²) in [5, 5.41) is 2.33. The van der Waals surface area contributed by atoms with E-state index in [1.807, 2.05) is 12.1 Å². The van der Waals surface area contributed by atoms with E-state index in [4.69, 9.17) is 16.2 Å². The molecule has 2 aromatic rings. The predicted molar refractivity (Wildman–Crippen MR) is 75.6 cm³/mol. The van der Waals surface area contributed by atoms with Gasteiger partial charge in [-0.3, -0.25) is 0 Å². The largest absolute Gasteiger partial charge is 0.497 e. The molecule has 0 bridgehead atoms. The Bertz CT molecular complexity index is 539. The van der Waals surface area contributed by atoms with Crippen LogP contribution in [0.1, 0.15) is 18.5 Å². The highest BCUT2D eigenvalue weighted by molar-refractivity contribution is 5.84. The molecule has 0 saturated heterocycles. The molecular weight excluding hydrogens is 224 g/mol. The van der Waals surface area contributed by atoms with Crippen LogP contribution in [0.25, 0.3) is 10.8 Å². The fourth-order valence-electron chi connectivity index (χ4n) is 2.05. The number of rotatable bonds is 4. The maximum absolute atomic E-state index is 6.19. The van der Waals surface area contributed by atoms with Crippen molar-refractivity contribution in [3.05, 3.63) is 42.0 Å². The van der Waals surface area contributed by atoms with E-state index < -0.39 is 0 Å². The van der Waals surface area contributed by atoms with Crippen molar-refractivity contribution in [3.8, 4) is 5.75 Å². The van der Waals surface area contributed by atoms with E-state index >= 15 is 0 Å². The highest BCUT2D eigenvalue weighted by Gasteiger charge is 2.13. The van der Waals surface area contributed by atoms with Gasteiger partial charge in [0.25, 0.3) is 0 Å². The van der Waals surface area contributed by atoms with Crippen molar-refractivity contribution in [1.82, 2.24) is 0 Å². The van der Waals surface area contributed by atoms with Crippen molar-refractivity contribution in [1.29, 1.82) is 0 Å². The van der Waals surface area contributed by atoms with Gasteiger partial charge in [0.05, 0.1) is 7.11 Å². The van der Waals surface area contributed by atoms with E-state index in [1.165, 1.54) is 5.39 Å². The molecule has 2 unspecified atom stereocenters. The summed E-state index contributed by atoms with van der Waals surface area (Å²) in [5.74, 6) is 1.15. The van der Waals surface area contributed by atoms with Crippen molar-refractivity contribution in [3.63, 3.8) is 0 Å². The van der Waals surface area contributed by atoms with Crippen molar-refractivity contribution in [2.45, 2.75) is 13.0 Å². The van der Waals surface area contributed by atoms with Crippen molar-refractivity contribution < 1.29 is 4.74 Å². The Kier molecular flexibility index (Phi) is 3.84. The van der Waals surface area contributed by atoms with Crippen LogP contribution in [0.15, 0.2) is 36.4 Å². The molecule has 2 atom stereocenters. The summed E-state index contributed by atoms with van der Waals surface area (Å²) in [6, 6.07) is 12.3. The molecule has 0 fully saturated rings. The second kappa shape index (κ2) is 5.38. The molecule has 3 heteroatoms. The molecule has 96 valence electrons. The van der Waals surface area contributed by atoms with Crippen LogP contribution >= 0.6 is 0 Å². The van der Waals surface area contributed by atoms with E-state index in [2.05, 4.69) is 31.2 Å². The average molecular weight is 244 g/mol. The van der Waals surface area contributed by atoms with Gasteiger partial charge >= 0.3 is 0 Å². The molecule has 0 aromatic heterocycles. The number of methoxy groups -OCH3 is 1. The highest BCUT2D eigenvalue weighted by Crippen LogP contribution is 2.26. The molecule has 0 amide bonds. The van der Waals surface area contributed by atoms with Crippen LogP contribution in [0.2, 0.25) is 0 Å². The second-order valence-corrected chi connectivity index (χ2v) is 4.71. The van der Waals surface area contributed by atoms with Crippen molar-refractivity contribution >= 4 is 10.8 Å². The Labute approximate surface area is 108 Å². The van der Waals surface area contributed by atoms with Gasteiger partial charge in [-0.15, -0.1) is 0 Å². The molecule has 0 heterocycles. The quantitative estimate of drug-likeness (QED) is 0.868. The Morgan fingerprint density at radius 1 is 1.11 bits per heavy atom. The highest BCUT2D eigenvalue weighted by atomic mass is 16.5. The lowest BCUT2D eigenvalue weighted by molar-refractivity contribution is 0.415. The minimum Gasteiger partial charge on any atom is -0.497 e. The van der Waals surface area contributed by atoms with Crippen LogP contribution in [-0.4, -0.2) is 13.7 Å². The monoisotopic (exact) mass is 244 g/mol. The SMILES string of the molecule is COc1ccc2cc(C(N)C(C)CN)ccc2c1. The number of hydrogen-bond acceptors (Lipinski definition) is 3. The fraction of sp³-hybridized carbons (Fsp3) is 0.333. The van der Waals surface area contributed by atoms with E-state index in [9.17, 15) is 0 Å². The summed E-state index contributed by atoms with van der Waals surface area (Å²) in [4.78, 5) is 0. The summed E-state index contributed by atoms with van der Waals surface area (Å²) >= 11 is 0. The second-order valence-electron chi connectivity index (χ2n) is 4.71. The molecule has 18 heavy (non-hydrogen) atoms. The minimum absolute atomic E-state index is 0.0125. The molecule has 0 spiro atoms. The lowest BCUT2D eigenvalue weighted by atomic mass is 9.93. The Hall–Kier alpha value is -1.58. The van der Waals surface area contributed by atoms with Crippen LogP contribution in [0.4, 0.5) is 0 Å². The first-order valence-electron chi connectivity index (χ1n) is 6.19. The van der Waals surface area contributed by atoms with E-state index in [0.29, 0.717) is 6.54 Å². The van der Waals surface area contributed by atoms with Gasteiger partial charge in [-0.25, -0.2) is 0 Å². The number of hydrogen-bond donors (Lipinski definition) is 2. The summed E-state index contributed by atoms with van der Waals surface area (Å²) in [7, 11) is 1.67. The van der Waals surface area contributed by atoms with Gasteiger partial charge in [-0.1, -0.05) is 25.1 Å². The molecule has 4 N–H and O–H groups in total. The molecular formula is C15H20N2O. The first-order chi connectivity index (χ1) is 8.65. The van der Waals surface area contributed by atoms with Crippen LogP contribution in [0, 0.1) is 5.92 Å². The van der Waals surface area contributed by atoms with Gasteiger partial charge in [0.15, 0.2) is 0 Å². The Morgan fingerprint density at radius 3 is 2.44 bits per heavy atom. The van der Waals surface area contributed by atoms with Gasteiger partial charge in [0, 0.05) is 6.04 Å². The lowest BCUT2D eigenvalue weighted by Gasteiger charge is -2.19. The average Bonchev–Trinajstić information content (AvgIpc) is 2.44. The molecule has 0 radical (unpaired) electrons. The minimum atomic E-state index is -0.0125. The Morgan fingerprint density at radius 2 is 1.78 bits per heavy atom. The molecule has 2 rings (SSSR count). The first-order valence-corrected chi connectivity index (χ1v) is 6.19. The van der Waals surface area contributed by atoms with Crippen molar-refractivity contribution in [2.75, 3.05) is 13.7 Å². The molecule has 3 nitrogen and oxygen atoms in total. The van der Waals surface area contributed by atoms with Gasteiger partial charge < -0.3 is 16.2 Å². The fourth-order valence-corrected chi connectivity index (χ4v) is 2.05. The van der Waals surface area contributed by atoms with Crippen LogP contribution in [-0.2, 0) is 0 Å². The number of ether oxygens (including phenoxy) is 1. The standard InChI is InChI=1S/C15H20N2O/c1-10(9-16)15(17)13-4-3-12-8-14(18-2)6-5-11(12)7-13/h3-8,10,15H,9,16-17H2,1-2H3. The topological polar surface area (TPSA) is 61.3 Å². The summed E-state index contributed by atoms with van der Waals surface area (Å²) in [5.41, 5.74) is 13.0. The third kappa shape index (κ3) is 2.47. The summed E-state index contributed by atoms with van der Waals surface area (Å²) < 4.78 is 5.21. The third-order valence-corrected chi connectivity index (χ3v) is 3.44. The molecule has 0 aliphatic heterocycles. The first kappa shape index (κ1) is 12.9. The van der Waals surface area contributed by atoms with Crippen LogP contribution in [0.5, 0.6) is 5.75 Å². The number of benzene rings is 2. The smallest absolute Gasteiger partial charge is 0.119 e. The van der Waals surface area contributed by atoms with Crippen molar-refractivity contribution in [2.24, 2.45) is 17.4 Å². The zero-order valence-corrected chi connectivity index (χ0v) is 10.9. The van der Waals surface area contributed by atoms with Crippen LogP contribution in [0.3, 0.4) is 0 Å². The predicted octanol–water partition coefficient (Wildman–Crippen LogP) is 2.44.